The SMILES string of the molecule is Cc1nc2nc(C(F)(F)F)nn2c(C)c1CC(=O)N1CCN(c2ccc(F)cc2)CC1. The van der Waals surface area contributed by atoms with E-state index in [0.29, 0.717) is 43.1 Å². The number of fused-ring (bicyclic) bond motifs is 1. The maximum absolute atomic E-state index is 13.1. The van der Waals surface area contributed by atoms with Crippen LogP contribution >= 0.6 is 0 Å². The Bertz CT molecular complexity index is 1120. The Balaban J connectivity index is 1.48. The molecule has 3 heterocycles. The molecule has 0 bridgehead atoms. The Hall–Kier alpha value is -3.24. The Labute approximate surface area is 175 Å². The normalized spacial score (nSPS) is 15.0. The summed E-state index contributed by atoms with van der Waals surface area (Å²) >= 11 is 0. The minimum absolute atomic E-state index is 0.0123. The van der Waals surface area contributed by atoms with Gasteiger partial charge in [0.25, 0.3) is 11.6 Å². The van der Waals surface area contributed by atoms with Gasteiger partial charge in [0, 0.05) is 48.8 Å². The average molecular weight is 436 g/mol. The van der Waals surface area contributed by atoms with Crippen LogP contribution in [-0.2, 0) is 17.4 Å². The van der Waals surface area contributed by atoms with Crippen molar-refractivity contribution in [3.05, 3.63) is 52.9 Å². The number of aromatic nitrogens is 4. The predicted octanol–water partition coefficient (Wildman–Crippen LogP) is 2.79. The molecule has 1 amide bonds. The maximum atomic E-state index is 13.1. The van der Waals surface area contributed by atoms with Crippen LogP contribution in [-0.4, -0.2) is 56.6 Å². The minimum atomic E-state index is -4.67. The molecular weight excluding hydrogens is 416 g/mol. The second-order valence-corrected chi connectivity index (χ2v) is 7.43. The zero-order valence-electron chi connectivity index (χ0n) is 16.9. The molecule has 164 valence electrons. The zero-order chi connectivity index (χ0) is 22.3. The fraction of sp³-hybridized carbons (Fsp3) is 0.400. The molecule has 0 N–H and O–H groups in total. The molecule has 0 unspecified atom stereocenters. The summed E-state index contributed by atoms with van der Waals surface area (Å²) in [7, 11) is 0. The first-order valence-electron chi connectivity index (χ1n) is 9.72. The molecule has 0 radical (unpaired) electrons. The lowest BCUT2D eigenvalue weighted by Gasteiger charge is -2.36. The van der Waals surface area contributed by atoms with Crippen molar-refractivity contribution in [2.45, 2.75) is 26.4 Å². The highest BCUT2D eigenvalue weighted by Gasteiger charge is 2.37. The number of piperazine rings is 1. The summed E-state index contributed by atoms with van der Waals surface area (Å²) in [5, 5.41) is 3.51. The van der Waals surface area contributed by atoms with Crippen LogP contribution in [0.5, 0.6) is 0 Å². The largest absolute Gasteiger partial charge is 0.453 e. The second-order valence-electron chi connectivity index (χ2n) is 7.43. The van der Waals surface area contributed by atoms with E-state index in [2.05, 4.69) is 20.0 Å². The van der Waals surface area contributed by atoms with E-state index in [1.54, 1.807) is 30.9 Å². The molecule has 3 aromatic rings. The highest BCUT2D eigenvalue weighted by molar-refractivity contribution is 5.79. The molecular formula is C20H20F4N6O. The van der Waals surface area contributed by atoms with Crippen molar-refractivity contribution in [1.29, 1.82) is 0 Å². The summed E-state index contributed by atoms with van der Waals surface area (Å²) in [5.74, 6) is -1.85. The fourth-order valence-corrected chi connectivity index (χ4v) is 3.71. The number of amides is 1. The molecule has 4 rings (SSSR count). The fourth-order valence-electron chi connectivity index (χ4n) is 3.71. The van der Waals surface area contributed by atoms with Gasteiger partial charge < -0.3 is 9.80 Å². The van der Waals surface area contributed by atoms with Crippen LogP contribution in [0.2, 0.25) is 0 Å². The van der Waals surface area contributed by atoms with E-state index >= 15 is 0 Å². The van der Waals surface area contributed by atoms with Gasteiger partial charge in [-0.05, 0) is 38.1 Å². The molecule has 0 atom stereocenters. The van der Waals surface area contributed by atoms with Crippen LogP contribution in [0, 0.1) is 19.7 Å². The van der Waals surface area contributed by atoms with Crippen LogP contribution in [0.3, 0.4) is 0 Å². The van der Waals surface area contributed by atoms with Crippen molar-refractivity contribution < 1.29 is 22.4 Å². The van der Waals surface area contributed by atoms with Gasteiger partial charge in [0.15, 0.2) is 0 Å². The molecule has 31 heavy (non-hydrogen) atoms. The Morgan fingerprint density at radius 1 is 1.03 bits per heavy atom. The Morgan fingerprint density at radius 2 is 1.68 bits per heavy atom. The van der Waals surface area contributed by atoms with E-state index < -0.39 is 12.0 Å². The molecule has 0 saturated carbocycles. The molecule has 1 fully saturated rings. The molecule has 1 aliphatic rings. The van der Waals surface area contributed by atoms with E-state index in [1.165, 1.54) is 12.1 Å². The number of rotatable bonds is 3. The number of hydrogen-bond acceptors (Lipinski definition) is 5. The third-order valence-corrected chi connectivity index (χ3v) is 5.45. The molecule has 0 spiro atoms. The molecule has 1 aliphatic heterocycles. The van der Waals surface area contributed by atoms with Gasteiger partial charge in [-0.2, -0.15) is 18.2 Å². The monoisotopic (exact) mass is 436 g/mol. The lowest BCUT2D eigenvalue weighted by molar-refractivity contribution is -0.144. The lowest BCUT2D eigenvalue weighted by atomic mass is 10.1. The number of carbonyl (C=O) groups excluding carboxylic acids is 1. The first-order chi connectivity index (χ1) is 14.6. The third kappa shape index (κ3) is 4.17. The van der Waals surface area contributed by atoms with E-state index in [-0.39, 0.29) is 23.9 Å². The van der Waals surface area contributed by atoms with Gasteiger partial charge >= 0.3 is 6.18 Å². The molecule has 7 nitrogen and oxygen atoms in total. The molecule has 0 aliphatic carbocycles. The molecule has 11 heteroatoms. The second kappa shape index (κ2) is 7.78. The zero-order valence-corrected chi connectivity index (χ0v) is 16.9. The summed E-state index contributed by atoms with van der Waals surface area (Å²) in [6, 6.07) is 6.20. The average Bonchev–Trinajstić information content (AvgIpc) is 3.16. The van der Waals surface area contributed by atoms with Crippen molar-refractivity contribution in [3.63, 3.8) is 0 Å². The number of carbonyl (C=O) groups is 1. The Morgan fingerprint density at radius 3 is 2.29 bits per heavy atom. The highest BCUT2D eigenvalue weighted by Crippen LogP contribution is 2.27. The number of nitrogens with zero attached hydrogens (tertiary/aromatic N) is 6. The first kappa shape index (κ1) is 21.0. The van der Waals surface area contributed by atoms with E-state index in [4.69, 9.17) is 0 Å². The summed E-state index contributed by atoms with van der Waals surface area (Å²) < 4.78 is 53.0. The number of aryl methyl sites for hydroxylation is 2. The van der Waals surface area contributed by atoms with Crippen molar-refractivity contribution >= 4 is 17.4 Å². The van der Waals surface area contributed by atoms with E-state index in [1.807, 2.05) is 0 Å². The quantitative estimate of drug-likeness (QED) is 0.591. The topological polar surface area (TPSA) is 66.6 Å². The third-order valence-electron chi connectivity index (χ3n) is 5.45. The van der Waals surface area contributed by atoms with E-state index in [0.717, 1.165) is 10.2 Å². The number of benzene rings is 1. The molecule has 1 saturated heterocycles. The van der Waals surface area contributed by atoms with Gasteiger partial charge in [-0.3, -0.25) is 4.79 Å². The number of alkyl halides is 3. The first-order valence-corrected chi connectivity index (χ1v) is 9.72. The Kier molecular flexibility index (Phi) is 5.28. The predicted molar refractivity (Wildman–Crippen MR) is 104 cm³/mol. The molecule has 2 aromatic heterocycles. The van der Waals surface area contributed by atoms with E-state index in [9.17, 15) is 22.4 Å². The van der Waals surface area contributed by atoms with Crippen molar-refractivity contribution in [3.8, 4) is 0 Å². The summed E-state index contributed by atoms with van der Waals surface area (Å²) in [5.41, 5.74) is 2.28. The minimum Gasteiger partial charge on any atom is -0.368 e. The van der Waals surface area contributed by atoms with Crippen LogP contribution in [0.4, 0.5) is 23.2 Å². The van der Waals surface area contributed by atoms with Gasteiger partial charge in [-0.25, -0.2) is 13.9 Å². The van der Waals surface area contributed by atoms with Gasteiger partial charge in [-0.1, -0.05) is 0 Å². The smallest absolute Gasteiger partial charge is 0.368 e. The lowest BCUT2D eigenvalue weighted by Crippen LogP contribution is -2.49. The number of hydrogen-bond donors (Lipinski definition) is 0. The van der Waals surface area contributed by atoms with Crippen LogP contribution in [0.25, 0.3) is 5.78 Å². The van der Waals surface area contributed by atoms with Crippen molar-refractivity contribution in [1.82, 2.24) is 24.5 Å². The van der Waals surface area contributed by atoms with Crippen LogP contribution in [0.15, 0.2) is 24.3 Å². The summed E-state index contributed by atoms with van der Waals surface area (Å²) in [6.45, 7) is 5.43. The van der Waals surface area contributed by atoms with Crippen LogP contribution in [0.1, 0.15) is 22.8 Å². The van der Waals surface area contributed by atoms with Gasteiger partial charge in [-0.15, -0.1) is 5.10 Å². The van der Waals surface area contributed by atoms with Crippen molar-refractivity contribution in [2.75, 3.05) is 31.1 Å². The maximum Gasteiger partial charge on any atom is 0.453 e. The van der Waals surface area contributed by atoms with Gasteiger partial charge in [0.1, 0.15) is 5.82 Å². The summed E-state index contributed by atoms with van der Waals surface area (Å²) in [6.07, 6.45) is -4.66. The summed E-state index contributed by atoms with van der Waals surface area (Å²) in [4.78, 5) is 24.2. The number of anilines is 1. The highest BCUT2D eigenvalue weighted by atomic mass is 19.4. The standard InChI is InChI=1S/C20H20F4N6O/c1-12-16(13(2)30-19(25-12)26-18(27-30)20(22,23)24)11-17(31)29-9-7-28(8-10-29)15-5-3-14(21)4-6-15/h3-6H,7-11H2,1-2H3. The van der Waals surface area contributed by atoms with Crippen molar-refractivity contribution in [2.24, 2.45) is 0 Å². The number of halogens is 4. The van der Waals surface area contributed by atoms with Gasteiger partial charge in [0.05, 0.1) is 6.42 Å². The van der Waals surface area contributed by atoms with Crippen LogP contribution < -0.4 is 4.90 Å². The van der Waals surface area contributed by atoms with Gasteiger partial charge in [0.2, 0.25) is 5.91 Å². The molecule has 1 aromatic carbocycles.